The van der Waals surface area contributed by atoms with Gasteiger partial charge in [0.15, 0.2) is 0 Å². The third kappa shape index (κ3) is 4.39. The minimum absolute atomic E-state index is 0.111. The second-order valence-corrected chi connectivity index (χ2v) is 4.68. The number of hydrogen-bond acceptors (Lipinski definition) is 5. The Morgan fingerprint density at radius 3 is 2.77 bits per heavy atom. The zero-order valence-corrected chi connectivity index (χ0v) is 12.3. The number of aliphatic hydroxyl groups is 1. The molecule has 0 unspecified atom stereocenters. The molecule has 0 radical (unpaired) electrons. The predicted molar refractivity (Wildman–Crippen MR) is 86.1 cm³/mol. The summed E-state index contributed by atoms with van der Waals surface area (Å²) in [4.78, 5) is 17.6. The van der Waals surface area contributed by atoms with Crippen LogP contribution in [0.1, 0.15) is 15.9 Å². The largest absolute Gasteiger partial charge is 0.395 e. The molecule has 0 aliphatic rings. The van der Waals surface area contributed by atoms with Crippen molar-refractivity contribution in [3.05, 3.63) is 59.9 Å². The highest BCUT2D eigenvalue weighted by Crippen LogP contribution is 2.12. The van der Waals surface area contributed by atoms with Gasteiger partial charge in [-0.15, -0.1) is 0 Å². The first-order chi connectivity index (χ1) is 10.7. The molecular weight excluding hydrogens is 280 g/mol. The lowest BCUT2D eigenvalue weighted by molar-refractivity contribution is 0.0955. The van der Waals surface area contributed by atoms with Crippen LogP contribution in [0.3, 0.4) is 0 Å². The normalized spacial score (nSPS) is 10.6. The summed E-state index contributed by atoms with van der Waals surface area (Å²) in [5.41, 5.74) is 4.78. The van der Waals surface area contributed by atoms with Crippen molar-refractivity contribution in [3.8, 4) is 0 Å². The topological polar surface area (TPSA) is 77.8 Å². The van der Waals surface area contributed by atoms with E-state index in [0.29, 0.717) is 12.1 Å². The van der Waals surface area contributed by atoms with Crippen molar-refractivity contribution in [2.75, 3.05) is 25.1 Å². The van der Waals surface area contributed by atoms with E-state index < -0.39 is 0 Å². The molecule has 0 atom stereocenters. The lowest BCUT2D eigenvalue weighted by Gasteiger charge is -2.17. The van der Waals surface area contributed by atoms with E-state index in [9.17, 15) is 4.79 Å². The van der Waals surface area contributed by atoms with Gasteiger partial charge in [0, 0.05) is 31.7 Å². The number of nitrogens with zero attached hydrogens (tertiary/aromatic N) is 3. The van der Waals surface area contributed by atoms with Gasteiger partial charge >= 0.3 is 0 Å². The SMILES string of the molecule is CN(CCO)c1ccc(/C=N\NC(=O)c2cccnc2)cc1. The molecule has 1 amide bonds. The molecular formula is C16H18N4O2. The lowest BCUT2D eigenvalue weighted by Crippen LogP contribution is -2.20. The van der Waals surface area contributed by atoms with Gasteiger partial charge in [0.2, 0.25) is 0 Å². The number of aromatic nitrogens is 1. The molecule has 0 aliphatic heterocycles. The van der Waals surface area contributed by atoms with E-state index >= 15 is 0 Å². The fourth-order valence-electron chi connectivity index (χ4n) is 1.82. The first kappa shape index (κ1) is 15.7. The third-order valence-electron chi connectivity index (χ3n) is 3.07. The van der Waals surface area contributed by atoms with E-state index in [1.54, 1.807) is 24.5 Å². The number of hydrogen-bond donors (Lipinski definition) is 2. The summed E-state index contributed by atoms with van der Waals surface area (Å²) in [6.45, 7) is 0.689. The van der Waals surface area contributed by atoms with Crippen LogP contribution < -0.4 is 10.3 Å². The van der Waals surface area contributed by atoms with Gasteiger partial charge in [0.25, 0.3) is 5.91 Å². The Morgan fingerprint density at radius 1 is 1.36 bits per heavy atom. The molecule has 1 heterocycles. The number of amides is 1. The number of aliphatic hydroxyl groups excluding tert-OH is 1. The van der Waals surface area contributed by atoms with Gasteiger partial charge in [0.1, 0.15) is 0 Å². The minimum Gasteiger partial charge on any atom is -0.395 e. The highest BCUT2D eigenvalue weighted by molar-refractivity contribution is 5.94. The van der Waals surface area contributed by atoms with Gasteiger partial charge in [0.05, 0.1) is 18.4 Å². The van der Waals surface area contributed by atoms with E-state index in [1.807, 2.05) is 36.2 Å². The van der Waals surface area contributed by atoms with Crippen molar-refractivity contribution >= 4 is 17.8 Å². The summed E-state index contributed by atoms with van der Waals surface area (Å²) < 4.78 is 0. The Morgan fingerprint density at radius 2 is 2.14 bits per heavy atom. The Hall–Kier alpha value is -2.73. The van der Waals surface area contributed by atoms with Gasteiger partial charge < -0.3 is 10.0 Å². The Kier molecular flexibility index (Phi) is 5.62. The monoisotopic (exact) mass is 298 g/mol. The third-order valence-corrected chi connectivity index (χ3v) is 3.07. The summed E-state index contributed by atoms with van der Waals surface area (Å²) in [5.74, 6) is -0.302. The molecule has 22 heavy (non-hydrogen) atoms. The van der Waals surface area contributed by atoms with Crippen molar-refractivity contribution in [1.82, 2.24) is 10.4 Å². The fraction of sp³-hybridized carbons (Fsp3) is 0.188. The van der Waals surface area contributed by atoms with Crippen LogP contribution in [0.5, 0.6) is 0 Å². The standard InChI is InChI=1S/C16H18N4O2/c1-20(9-10-21)15-6-4-13(5-7-15)11-18-19-16(22)14-3-2-8-17-12-14/h2-8,11-12,21H,9-10H2,1H3,(H,19,22)/b18-11-. The Labute approximate surface area is 129 Å². The molecule has 114 valence electrons. The average molecular weight is 298 g/mol. The van der Waals surface area contributed by atoms with Crippen molar-refractivity contribution in [3.63, 3.8) is 0 Å². The number of pyridine rings is 1. The second-order valence-electron chi connectivity index (χ2n) is 4.68. The summed E-state index contributed by atoms with van der Waals surface area (Å²) in [6.07, 6.45) is 4.66. The van der Waals surface area contributed by atoms with E-state index in [2.05, 4.69) is 15.5 Å². The summed E-state index contributed by atoms with van der Waals surface area (Å²) in [6, 6.07) is 11.0. The van der Waals surface area contributed by atoms with Crippen LogP contribution in [-0.4, -0.2) is 42.4 Å². The molecule has 0 spiro atoms. The first-order valence-corrected chi connectivity index (χ1v) is 6.86. The number of rotatable bonds is 6. The summed E-state index contributed by atoms with van der Waals surface area (Å²) >= 11 is 0. The maximum atomic E-state index is 11.8. The van der Waals surface area contributed by atoms with Crippen LogP contribution in [0, 0.1) is 0 Å². The highest BCUT2D eigenvalue weighted by atomic mass is 16.3. The van der Waals surface area contributed by atoms with Crippen molar-refractivity contribution in [2.45, 2.75) is 0 Å². The molecule has 0 fully saturated rings. The molecule has 2 aromatic rings. The number of anilines is 1. The van der Waals surface area contributed by atoms with Crippen molar-refractivity contribution in [2.24, 2.45) is 5.10 Å². The van der Waals surface area contributed by atoms with Gasteiger partial charge in [-0.2, -0.15) is 5.10 Å². The van der Waals surface area contributed by atoms with Gasteiger partial charge in [-0.25, -0.2) is 5.43 Å². The molecule has 6 heteroatoms. The molecule has 1 aromatic heterocycles. The number of carbonyl (C=O) groups is 1. The number of nitrogens with one attached hydrogen (secondary N) is 1. The fourth-order valence-corrected chi connectivity index (χ4v) is 1.82. The number of hydrazone groups is 1. The van der Waals surface area contributed by atoms with Crippen molar-refractivity contribution in [1.29, 1.82) is 0 Å². The number of carbonyl (C=O) groups excluding carboxylic acids is 1. The maximum absolute atomic E-state index is 11.8. The van der Waals surface area contributed by atoms with Gasteiger partial charge in [-0.05, 0) is 29.8 Å². The van der Waals surface area contributed by atoms with E-state index in [1.165, 1.54) is 6.20 Å². The zero-order chi connectivity index (χ0) is 15.8. The quantitative estimate of drug-likeness (QED) is 0.622. The highest BCUT2D eigenvalue weighted by Gasteiger charge is 2.02. The van der Waals surface area contributed by atoms with E-state index in [4.69, 9.17) is 5.11 Å². The molecule has 0 saturated heterocycles. The molecule has 2 N–H and O–H groups in total. The summed E-state index contributed by atoms with van der Waals surface area (Å²) in [5, 5.41) is 12.8. The van der Waals surface area contributed by atoms with Gasteiger partial charge in [-0.1, -0.05) is 12.1 Å². The predicted octanol–water partition coefficient (Wildman–Crippen LogP) is 1.27. The molecule has 1 aromatic carbocycles. The smallest absolute Gasteiger partial charge is 0.272 e. The van der Waals surface area contributed by atoms with Gasteiger partial charge in [-0.3, -0.25) is 9.78 Å². The number of likely N-dealkylation sites (N-methyl/N-ethyl adjacent to an activating group) is 1. The minimum atomic E-state index is -0.302. The molecule has 0 bridgehead atoms. The zero-order valence-electron chi connectivity index (χ0n) is 12.3. The van der Waals surface area contributed by atoms with E-state index in [0.717, 1.165) is 11.3 Å². The van der Waals surface area contributed by atoms with Crippen LogP contribution in [-0.2, 0) is 0 Å². The lowest BCUT2D eigenvalue weighted by atomic mass is 10.2. The molecule has 0 saturated carbocycles. The van der Waals surface area contributed by atoms with Crippen LogP contribution in [0.2, 0.25) is 0 Å². The Bertz CT molecular complexity index is 626. The van der Waals surface area contributed by atoms with E-state index in [-0.39, 0.29) is 12.5 Å². The first-order valence-electron chi connectivity index (χ1n) is 6.86. The van der Waals surface area contributed by atoms with Crippen molar-refractivity contribution < 1.29 is 9.90 Å². The maximum Gasteiger partial charge on any atom is 0.272 e. The number of benzene rings is 1. The summed E-state index contributed by atoms with van der Waals surface area (Å²) in [7, 11) is 1.91. The molecule has 6 nitrogen and oxygen atoms in total. The molecule has 2 rings (SSSR count). The average Bonchev–Trinajstić information content (AvgIpc) is 2.56. The molecule has 0 aliphatic carbocycles. The Balaban J connectivity index is 1.92. The van der Waals surface area contributed by atoms with Crippen LogP contribution in [0.4, 0.5) is 5.69 Å². The van der Waals surface area contributed by atoms with Crippen LogP contribution in [0.25, 0.3) is 0 Å². The van der Waals surface area contributed by atoms with Crippen LogP contribution >= 0.6 is 0 Å². The van der Waals surface area contributed by atoms with Crippen LogP contribution in [0.15, 0.2) is 53.9 Å². The second kappa shape index (κ2) is 7.90.